The second-order valence-corrected chi connectivity index (χ2v) is 7.86. The summed E-state index contributed by atoms with van der Waals surface area (Å²) < 4.78 is 6.38. The van der Waals surface area contributed by atoms with Crippen LogP contribution in [0.3, 0.4) is 0 Å². The van der Waals surface area contributed by atoms with Gasteiger partial charge in [-0.15, -0.1) is 0 Å². The molecular weight excluding hydrogens is 478 g/mol. The van der Waals surface area contributed by atoms with Crippen molar-refractivity contribution in [2.75, 3.05) is 6.61 Å². The van der Waals surface area contributed by atoms with Gasteiger partial charge in [0.2, 0.25) is 5.91 Å². The molecule has 0 aliphatic heterocycles. The van der Waals surface area contributed by atoms with E-state index < -0.39 is 11.8 Å². The van der Waals surface area contributed by atoms with E-state index in [4.69, 9.17) is 17.0 Å². The van der Waals surface area contributed by atoms with Gasteiger partial charge >= 0.3 is 0 Å². The number of amides is 2. The molecule has 0 fully saturated rings. The smallest absolute Gasteiger partial charge is 0.276 e. The van der Waals surface area contributed by atoms with Crippen LogP contribution >= 0.6 is 28.1 Å². The van der Waals surface area contributed by atoms with E-state index in [-0.39, 0.29) is 11.7 Å². The fraction of sp³-hybridized carbons (Fsp3) is 0.0870. The Balaban J connectivity index is 1.44. The Kier molecular flexibility index (Phi) is 7.75. The molecule has 0 aromatic heterocycles. The van der Waals surface area contributed by atoms with Gasteiger partial charge in [0, 0.05) is 10.5 Å². The standard InChI is InChI=1S/C23H20BrN3O3S/c1-15-13-18(10-11-20(15)24)30-14-22(29)26-27-23(31)25-21(28)12-9-17-7-4-6-16-5-2-3-8-19(16)17/h2-13H,14H2,1H3,(H,26,29)(H2,25,27,28,31)/b12-9+. The Morgan fingerprint density at radius 1 is 1.06 bits per heavy atom. The van der Waals surface area contributed by atoms with Gasteiger partial charge in [-0.05, 0) is 65.3 Å². The molecule has 3 N–H and O–H groups in total. The van der Waals surface area contributed by atoms with Crippen molar-refractivity contribution in [2.24, 2.45) is 0 Å². The normalized spacial score (nSPS) is 10.6. The first-order chi connectivity index (χ1) is 14.9. The minimum Gasteiger partial charge on any atom is -0.484 e. The van der Waals surface area contributed by atoms with Gasteiger partial charge in [0.15, 0.2) is 11.7 Å². The maximum atomic E-state index is 12.1. The lowest BCUT2D eigenvalue weighted by atomic mass is 10.0. The summed E-state index contributed by atoms with van der Waals surface area (Å²) in [6.45, 7) is 1.72. The van der Waals surface area contributed by atoms with Crippen molar-refractivity contribution < 1.29 is 14.3 Å². The van der Waals surface area contributed by atoms with E-state index in [2.05, 4.69) is 32.1 Å². The van der Waals surface area contributed by atoms with E-state index in [1.54, 1.807) is 12.1 Å². The third-order valence-electron chi connectivity index (χ3n) is 4.29. The lowest BCUT2D eigenvalue weighted by molar-refractivity contribution is -0.123. The summed E-state index contributed by atoms with van der Waals surface area (Å²) in [6, 6.07) is 19.2. The number of carbonyl (C=O) groups excluding carboxylic acids is 2. The van der Waals surface area contributed by atoms with E-state index in [0.29, 0.717) is 5.75 Å². The zero-order chi connectivity index (χ0) is 22.2. The van der Waals surface area contributed by atoms with Crippen molar-refractivity contribution in [2.45, 2.75) is 6.92 Å². The van der Waals surface area contributed by atoms with Crippen molar-refractivity contribution in [1.82, 2.24) is 16.2 Å². The quantitative estimate of drug-likeness (QED) is 0.281. The van der Waals surface area contributed by atoms with Gasteiger partial charge in [0.05, 0.1) is 0 Å². The minimum atomic E-state index is -0.441. The summed E-state index contributed by atoms with van der Waals surface area (Å²) >= 11 is 8.43. The fourth-order valence-corrected chi connectivity index (χ4v) is 3.16. The largest absolute Gasteiger partial charge is 0.484 e. The molecule has 0 unspecified atom stereocenters. The van der Waals surface area contributed by atoms with Gasteiger partial charge in [-0.3, -0.25) is 25.8 Å². The van der Waals surface area contributed by atoms with E-state index in [9.17, 15) is 9.59 Å². The number of hydrogen-bond donors (Lipinski definition) is 3. The van der Waals surface area contributed by atoms with Crippen LogP contribution in [0.25, 0.3) is 16.8 Å². The van der Waals surface area contributed by atoms with Crippen molar-refractivity contribution in [3.63, 3.8) is 0 Å². The number of nitrogens with one attached hydrogen (secondary N) is 3. The number of aryl methyl sites for hydroxylation is 1. The molecule has 0 saturated carbocycles. The van der Waals surface area contributed by atoms with Crippen LogP contribution in [0.15, 0.2) is 71.2 Å². The van der Waals surface area contributed by atoms with Gasteiger partial charge < -0.3 is 4.74 Å². The highest BCUT2D eigenvalue weighted by molar-refractivity contribution is 9.10. The van der Waals surface area contributed by atoms with Crippen molar-refractivity contribution in [3.8, 4) is 5.75 Å². The molecule has 158 valence electrons. The molecule has 0 saturated heterocycles. The molecule has 0 atom stereocenters. The summed E-state index contributed by atoms with van der Waals surface area (Å²) in [4.78, 5) is 24.0. The molecule has 0 radical (unpaired) electrons. The minimum absolute atomic E-state index is 0.0274. The molecule has 0 spiro atoms. The third-order valence-corrected chi connectivity index (χ3v) is 5.38. The van der Waals surface area contributed by atoms with Crippen LogP contribution in [0.2, 0.25) is 0 Å². The van der Waals surface area contributed by atoms with Crippen LogP contribution in [0.1, 0.15) is 11.1 Å². The Bertz CT molecular complexity index is 1160. The topological polar surface area (TPSA) is 79.5 Å². The van der Waals surface area contributed by atoms with Crippen molar-refractivity contribution in [1.29, 1.82) is 0 Å². The second kappa shape index (κ2) is 10.7. The Hall–Kier alpha value is -3.23. The second-order valence-electron chi connectivity index (χ2n) is 6.59. The van der Waals surface area contributed by atoms with Gasteiger partial charge in [0.25, 0.3) is 5.91 Å². The van der Waals surface area contributed by atoms with Crippen LogP contribution in [0, 0.1) is 6.92 Å². The third kappa shape index (κ3) is 6.63. The Morgan fingerprint density at radius 2 is 1.84 bits per heavy atom. The molecule has 2 amide bonds. The molecule has 3 aromatic rings. The summed E-state index contributed by atoms with van der Waals surface area (Å²) in [5.74, 6) is -0.282. The predicted octanol–water partition coefficient (Wildman–Crippen LogP) is 4.02. The molecule has 0 aliphatic carbocycles. The maximum absolute atomic E-state index is 12.1. The number of hydrogen-bond acceptors (Lipinski definition) is 4. The van der Waals surface area contributed by atoms with Crippen LogP contribution in [0.5, 0.6) is 5.75 Å². The molecule has 0 heterocycles. The van der Waals surface area contributed by atoms with Crippen LogP contribution in [-0.2, 0) is 9.59 Å². The van der Waals surface area contributed by atoms with Crippen LogP contribution in [0.4, 0.5) is 0 Å². The summed E-state index contributed by atoms with van der Waals surface area (Å²) in [5.41, 5.74) is 6.77. The maximum Gasteiger partial charge on any atom is 0.276 e. The van der Waals surface area contributed by atoms with E-state index in [1.807, 2.05) is 61.5 Å². The first kappa shape index (κ1) is 22.5. The predicted molar refractivity (Wildman–Crippen MR) is 129 cm³/mol. The van der Waals surface area contributed by atoms with E-state index in [0.717, 1.165) is 26.4 Å². The Labute approximate surface area is 193 Å². The molecule has 0 aliphatic rings. The molecule has 3 aromatic carbocycles. The lowest BCUT2D eigenvalue weighted by Crippen LogP contribution is -2.49. The number of carbonyl (C=O) groups is 2. The van der Waals surface area contributed by atoms with Gasteiger partial charge in [-0.1, -0.05) is 58.4 Å². The summed E-state index contributed by atoms with van der Waals surface area (Å²) in [6.07, 6.45) is 3.10. The molecule has 6 nitrogen and oxygen atoms in total. The monoisotopic (exact) mass is 497 g/mol. The number of fused-ring (bicyclic) bond motifs is 1. The van der Waals surface area contributed by atoms with Crippen molar-refractivity contribution >= 4 is 61.9 Å². The average Bonchev–Trinajstić information content (AvgIpc) is 2.77. The number of benzene rings is 3. The molecule has 0 bridgehead atoms. The number of rotatable bonds is 5. The van der Waals surface area contributed by atoms with Crippen molar-refractivity contribution in [3.05, 3.63) is 82.3 Å². The van der Waals surface area contributed by atoms with E-state index >= 15 is 0 Å². The average molecular weight is 498 g/mol. The number of hydrazine groups is 1. The molecule has 8 heteroatoms. The summed E-state index contributed by atoms with van der Waals surface area (Å²) in [5, 5.41) is 4.58. The molecule has 3 rings (SSSR count). The first-order valence-electron chi connectivity index (χ1n) is 9.37. The van der Waals surface area contributed by atoms with Crippen LogP contribution in [-0.4, -0.2) is 23.5 Å². The molecule has 31 heavy (non-hydrogen) atoms. The van der Waals surface area contributed by atoms with E-state index in [1.165, 1.54) is 6.08 Å². The van der Waals surface area contributed by atoms with Gasteiger partial charge in [-0.2, -0.15) is 0 Å². The number of halogens is 1. The van der Waals surface area contributed by atoms with Crippen LogP contribution < -0.4 is 20.9 Å². The lowest BCUT2D eigenvalue weighted by Gasteiger charge is -2.11. The number of thiocarbonyl (C=S) groups is 1. The summed E-state index contributed by atoms with van der Waals surface area (Å²) in [7, 11) is 0. The molecular formula is C23H20BrN3O3S. The first-order valence-corrected chi connectivity index (χ1v) is 10.6. The zero-order valence-electron chi connectivity index (χ0n) is 16.6. The highest BCUT2D eigenvalue weighted by Gasteiger charge is 2.06. The van der Waals surface area contributed by atoms with Gasteiger partial charge in [-0.25, -0.2) is 0 Å². The zero-order valence-corrected chi connectivity index (χ0v) is 19.0. The number of ether oxygens (including phenoxy) is 1. The fourth-order valence-electron chi connectivity index (χ4n) is 2.76. The highest BCUT2D eigenvalue weighted by atomic mass is 79.9. The highest BCUT2D eigenvalue weighted by Crippen LogP contribution is 2.21. The Morgan fingerprint density at radius 3 is 2.65 bits per heavy atom. The van der Waals surface area contributed by atoms with Gasteiger partial charge in [0.1, 0.15) is 5.75 Å². The SMILES string of the molecule is Cc1cc(OCC(=O)NNC(=S)NC(=O)/C=C/c2cccc3ccccc23)ccc1Br.